The highest BCUT2D eigenvalue weighted by molar-refractivity contribution is 5.79. The van der Waals surface area contributed by atoms with E-state index in [1.807, 2.05) is 0 Å². The molecule has 0 unspecified atom stereocenters. The normalized spacial score (nSPS) is 21.0. The van der Waals surface area contributed by atoms with Gasteiger partial charge in [-0.3, -0.25) is 4.90 Å². The molecule has 1 N–H and O–H groups in total. The number of likely N-dealkylation sites (N-methyl/N-ethyl adjacent to an activating group) is 1. The van der Waals surface area contributed by atoms with Crippen LogP contribution in [0.3, 0.4) is 0 Å². The number of carboxylic acid groups (broad SMARTS) is 1. The van der Waals surface area contributed by atoms with Gasteiger partial charge < -0.3 is 10.0 Å². The Morgan fingerprint density at radius 3 is 2.27 bits per heavy atom. The zero-order valence-electron chi connectivity index (χ0n) is 9.73. The standard InChI is InChI=1S/C11H20N2O2/c1-11(2,5-4-10(14)15)13-8-6-12(3)7-9-13/h4-5H,6-9H2,1-3H3,(H,14,15). The summed E-state index contributed by atoms with van der Waals surface area (Å²) in [6.07, 6.45) is 3.00. The fourth-order valence-corrected chi connectivity index (χ4v) is 1.76. The van der Waals surface area contributed by atoms with Gasteiger partial charge in [0.15, 0.2) is 0 Å². The van der Waals surface area contributed by atoms with Crippen LogP contribution in [0.25, 0.3) is 0 Å². The summed E-state index contributed by atoms with van der Waals surface area (Å²) in [6, 6.07) is 0. The Bertz CT molecular complexity index is 253. The number of hydrogen-bond acceptors (Lipinski definition) is 3. The molecule has 0 amide bonds. The number of rotatable bonds is 3. The van der Waals surface area contributed by atoms with Gasteiger partial charge in [-0.25, -0.2) is 4.79 Å². The molecule has 0 aromatic carbocycles. The summed E-state index contributed by atoms with van der Waals surface area (Å²) in [5.41, 5.74) is -0.167. The van der Waals surface area contributed by atoms with Crippen molar-refractivity contribution in [2.24, 2.45) is 0 Å². The van der Waals surface area contributed by atoms with E-state index in [1.165, 1.54) is 6.08 Å². The van der Waals surface area contributed by atoms with Crippen molar-refractivity contribution in [2.75, 3.05) is 33.2 Å². The van der Waals surface area contributed by atoms with Crippen LogP contribution in [0.15, 0.2) is 12.2 Å². The molecule has 0 aromatic rings. The molecule has 1 saturated heterocycles. The minimum absolute atomic E-state index is 0.167. The Balaban J connectivity index is 2.57. The third-order valence-electron chi connectivity index (χ3n) is 2.95. The van der Waals surface area contributed by atoms with Crippen molar-refractivity contribution in [1.29, 1.82) is 0 Å². The van der Waals surface area contributed by atoms with Crippen LogP contribution in [-0.2, 0) is 4.79 Å². The van der Waals surface area contributed by atoms with E-state index in [1.54, 1.807) is 6.08 Å². The molecule has 1 heterocycles. The second-order valence-electron chi connectivity index (χ2n) is 4.62. The Hall–Kier alpha value is -0.870. The monoisotopic (exact) mass is 212 g/mol. The van der Waals surface area contributed by atoms with Gasteiger partial charge in [0.2, 0.25) is 0 Å². The van der Waals surface area contributed by atoms with Crippen molar-refractivity contribution in [2.45, 2.75) is 19.4 Å². The van der Waals surface area contributed by atoms with Crippen molar-refractivity contribution in [3.05, 3.63) is 12.2 Å². The fraction of sp³-hybridized carbons (Fsp3) is 0.727. The van der Waals surface area contributed by atoms with Gasteiger partial charge in [0, 0.05) is 37.8 Å². The molecule has 1 rings (SSSR count). The highest BCUT2D eigenvalue weighted by Gasteiger charge is 2.26. The van der Waals surface area contributed by atoms with Crippen molar-refractivity contribution in [3.8, 4) is 0 Å². The number of piperazine rings is 1. The van der Waals surface area contributed by atoms with Crippen LogP contribution in [0.5, 0.6) is 0 Å². The van der Waals surface area contributed by atoms with Crippen LogP contribution in [0, 0.1) is 0 Å². The Morgan fingerprint density at radius 1 is 1.27 bits per heavy atom. The molecule has 0 bridgehead atoms. The maximum absolute atomic E-state index is 10.5. The molecule has 1 aliphatic rings. The summed E-state index contributed by atoms with van der Waals surface area (Å²) in [5, 5.41) is 8.60. The third kappa shape index (κ3) is 3.64. The second kappa shape index (κ2) is 4.77. The van der Waals surface area contributed by atoms with Gasteiger partial charge >= 0.3 is 5.97 Å². The van der Waals surface area contributed by atoms with E-state index >= 15 is 0 Å². The summed E-state index contributed by atoms with van der Waals surface area (Å²) in [4.78, 5) is 15.1. The maximum atomic E-state index is 10.5. The number of aliphatic carboxylic acids is 1. The van der Waals surface area contributed by atoms with E-state index in [4.69, 9.17) is 5.11 Å². The topological polar surface area (TPSA) is 43.8 Å². The van der Waals surface area contributed by atoms with Crippen molar-refractivity contribution < 1.29 is 9.90 Å². The van der Waals surface area contributed by atoms with Crippen molar-refractivity contribution >= 4 is 5.97 Å². The van der Waals surface area contributed by atoms with Gasteiger partial charge in [0.1, 0.15) is 0 Å². The van der Waals surface area contributed by atoms with Gasteiger partial charge in [-0.05, 0) is 20.9 Å². The van der Waals surface area contributed by atoms with Crippen molar-refractivity contribution in [1.82, 2.24) is 9.80 Å². The van der Waals surface area contributed by atoms with Crippen LogP contribution in [0.2, 0.25) is 0 Å². The summed E-state index contributed by atoms with van der Waals surface area (Å²) in [7, 11) is 2.11. The van der Waals surface area contributed by atoms with Crippen LogP contribution in [0.4, 0.5) is 0 Å². The van der Waals surface area contributed by atoms with Crippen LogP contribution in [0.1, 0.15) is 13.8 Å². The predicted octanol–water partition coefficient (Wildman–Crippen LogP) is 0.653. The van der Waals surface area contributed by atoms with Gasteiger partial charge in [-0.1, -0.05) is 6.08 Å². The first-order valence-corrected chi connectivity index (χ1v) is 5.27. The predicted molar refractivity (Wildman–Crippen MR) is 59.9 cm³/mol. The van der Waals surface area contributed by atoms with Crippen molar-refractivity contribution in [3.63, 3.8) is 0 Å². The first-order chi connectivity index (χ1) is 6.92. The lowest BCUT2D eigenvalue weighted by Crippen LogP contribution is -2.52. The van der Waals surface area contributed by atoms with Crippen LogP contribution in [-0.4, -0.2) is 59.6 Å². The zero-order valence-corrected chi connectivity index (χ0v) is 9.73. The molecule has 0 aliphatic carbocycles. The Labute approximate surface area is 91.2 Å². The summed E-state index contributed by atoms with van der Waals surface area (Å²) in [6.45, 7) is 8.19. The summed E-state index contributed by atoms with van der Waals surface area (Å²) in [5.74, 6) is -0.878. The SMILES string of the molecule is CN1CCN(C(C)(C)C=CC(=O)O)CC1. The molecule has 0 radical (unpaired) electrons. The smallest absolute Gasteiger partial charge is 0.328 e. The quantitative estimate of drug-likeness (QED) is 0.698. The average Bonchev–Trinajstić information content (AvgIpc) is 2.16. The lowest BCUT2D eigenvalue weighted by Gasteiger charge is -2.41. The Morgan fingerprint density at radius 2 is 1.80 bits per heavy atom. The first-order valence-electron chi connectivity index (χ1n) is 5.27. The van der Waals surface area contributed by atoms with Crippen LogP contribution < -0.4 is 0 Å². The molecular formula is C11H20N2O2. The third-order valence-corrected chi connectivity index (χ3v) is 2.95. The average molecular weight is 212 g/mol. The molecule has 0 spiro atoms. The van der Waals surface area contributed by atoms with Gasteiger partial charge in [-0.15, -0.1) is 0 Å². The molecule has 0 saturated carbocycles. The summed E-state index contributed by atoms with van der Waals surface area (Å²) < 4.78 is 0. The largest absolute Gasteiger partial charge is 0.478 e. The van der Waals surface area contributed by atoms with E-state index in [9.17, 15) is 4.79 Å². The number of nitrogens with zero attached hydrogens (tertiary/aromatic N) is 2. The minimum atomic E-state index is -0.878. The number of carbonyl (C=O) groups is 1. The van der Waals surface area contributed by atoms with Gasteiger partial charge in [-0.2, -0.15) is 0 Å². The fourth-order valence-electron chi connectivity index (χ4n) is 1.76. The molecule has 4 nitrogen and oxygen atoms in total. The van der Waals surface area contributed by atoms with Gasteiger partial charge in [0.25, 0.3) is 0 Å². The first kappa shape index (κ1) is 12.2. The second-order valence-corrected chi connectivity index (χ2v) is 4.62. The highest BCUT2D eigenvalue weighted by Crippen LogP contribution is 2.17. The molecule has 86 valence electrons. The molecule has 15 heavy (non-hydrogen) atoms. The zero-order chi connectivity index (χ0) is 11.5. The Kier molecular flexibility index (Phi) is 3.88. The van der Waals surface area contributed by atoms with E-state index in [-0.39, 0.29) is 5.54 Å². The lowest BCUT2D eigenvalue weighted by molar-refractivity contribution is -0.131. The van der Waals surface area contributed by atoms with E-state index in [2.05, 4.69) is 30.7 Å². The van der Waals surface area contributed by atoms with E-state index in [0.29, 0.717) is 0 Å². The molecular weight excluding hydrogens is 192 g/mol. The van der Waals surface area contributed by atoms with E-state index in [0.717, 1.165) is 26.2 Å². The molecule has 0 aromatic heterocycles. The van der Waals surface area contributed by atoms with Crippen LogP contribution >= 0.6 is 0 Å². The molecule has 1 fully saturated rings. The van der Waals surface area contributed by atoms with Gasteiger partial charge in [0.05, 0.1) is 0 Å². The van der Waals surface area contributed by atoms with E-state index < -0.39 is 5.97 Å². The number of hydrogen-bond donors (Lipinski definition) is 1. The molecule has 4 heteroatoms. The lowest BCUT2D eigenvalue weighted by atomic mass is 10.0. The molecule has 0 atom stereocenters. The minimum Gasteiger partial charge on any atom is -0.478 e. The highest BCUT2D eigenvalue weighted by atomic mass is 16.4. The summed E-state index contributed by atoms with van der Waals surface area (Å²) >= 11 is 0. The maximum Gasteiger partial charge on any atom is 0.328 e. The number of carboxylic acids is 1. The molecule has 1 aliphatic heterocycles.